The highest BCUT2D eigenvalue weighted by molar-refractivity contribution is 5.87. The molecule has 1 saturated carbocycles. The van der Waals surface area contributed by atoms with Crippen molar-refractivity contribution in [3.63, 3.8) is 0 Å². The highest BCUT2D eigenvalue weighted by Crippen LogP contribution is 2.33. The van der Waals surface area contributed by atoms with Gasteiger partial charge in [-0.1, -0.05) is 13.8 Å². The molecule has 0 unspecified atom stereocenters. The van der Waals surface area contributed by atoms with Crippen LogP contribution in [-0.2, 0) is 17.9 Å². The smallest absolute Gasteiger partial charge is 0.350 e. The summed E-state index contributed by atoms with van der Waals surface area (Å²) >= 11 is 0. The van der Waals surface area contributed by atoms with E-state index in [1.807, 2.05) is 20.0 Å². The Labute approximate surface area is 184 Å². The molecule has 2 aromatic heterocycles. The molecule has 8 nitrogen and oxygen atoms in total. The van der Waals surface area contributed by atoms with Crippen LogP contribution in [0.25, 0.3) is 16.5 Å². The summed E-state index contributed by atoms with van der Waals surface area (Å²) in [6.45, 7) is 5.65. The molecule has 1 fully saturated rings. The lowest BCUT2D eigenvalue weighted by Crippen LogP contribution is -2.26. The summed E-state index contributed by atoms with van der Waals surface area (Å²) in [5, 5.41) is 14.5. The predicted molar refractivity (Wildman–Crippen MR) is 119 cm³/mol. The van der Waals surface area contributed by atoms with E-state index in [0.717, 1.165) is 29.5 Å². The van der Waals surface area contributed by atoms with E-state index in [0.29, 0.717) is 11.9 Å². The minimum absolute atomic E-state index is 0.00655. The second kappa shape index (κ2) is 8.63. The van der Waals surface area contributed by atoms with Crippen LogP contribution in [0.15, 0.2) is 27.9 Å². The predicted octanol–water partition coefficient (Wildman–Crippen LogP) is 2.86. The first-order chi connectivity index (χ1) is 15.3. The van der Waals surface area contributed by atoms with Crippen molar-refractivity contribution in [1.29, 1.82) is 0 Å². The van der Waals surface area contributed by atoms with Crippen LogP contribution in [0.5, 0.6) is 0 Å². The van der Waals surface area contributed by atoms with Crippen LogP contribution in [-0.4, -0.2) is 37.2 Å². The topological polar surface area (TPSA) is 91.3 Å². The van der Waals surface area contributed by atoms with Crippen molar-refractivity contribution in [2.45, 2.75) is 71.2 Å². The normalized spacial score (nSPS) is 18.8. The van der Waals surface area contributed by atoms with Crippen LogP contribution >= 0.6 is 0 Å². The van der Waals surface area contributed by atoms with Crippen LogP contribution < -0.4 is 11.2 Å². The van der Waals surface area contributed by atoms with Gasteiger partial charge in [-0.2, -0.15) is 4.68 Å². The number of nitrogens with zero attached hydrogens (tertiary/aromatic N) is 4. The molecule has 0 aliphatic heterocycles. The summed E-state index contributed by atoms with van der Waals surface area (Å²) < 4.78 is 24.7. The summed E-state index contributed by atoms with van der Waals surface area (Å²) in [7, 11) is 1.68. The highest BCUT2D eigenvalue weighted by Gasteiger charge is 2.28. The van der Waals surface area contributed by atoms with E-state index in [4.69, 9.17) is 4.74 Å². The number of aliphatic hydroxyl groups is 1. The van der Waals surface area contributed by atoms with Crippen molar-refractivity contribution in [3.8, 4) is 5.69 Å². The average Bonchev–Trinajstić information content (AvgIpc) is 3.37. The molecule has 172 valence electrons. The lowest BCUT2D eigenvalue weighted by molar-refractivity contribution is 0.105. The Morgan fingerprint density at radius 3 is 2.56 bits per heavy atom. The van der Waals surface area contributed by atoms with Gasteiger partial charge in [0.25, 0.3) is 5.56 Å². The molecular formula is C23H29FN4O4. The number of aromatic nitrogens is 4. The third-order valence-electron chi connectivity index (χ3n) is 6.47. The third kappa shape index (κ3) is 3.59. The summed E-state index contributed by atoms with van der Waals surface area (Å²) in [6.07, 6.45) is 4.44. The molecule has 2 atom stereocenters. The summed E-state index contributed by atoms with van der Waals surface area (Å²) in [5.74, 6) is -0.485. The summed E-state index contributed by atoms with van der Waals surface area (Å²) in [6, 6.07) is 2.73. The molecule has 1 aromatic carbocycles. The van der Waals surface area contributed by atoms with Crippen molar-refractivity contribution < 1.29 is 14.2 Å². The molecule has 0 amide bonds. The molecule has 1 aliphatic rings. The Hall–Kier alpha value is -2.78. The van der Waals surface area contributed by atoms with Gasteiger partial charge in [0, 0.05) is 25.9 Å². The van der Waals surface area contributed by atoms with Crippen LogP contribution in [0.4, 0.5) is 4.39 Å². The maximum absolute atomic E-state index is 15.2. The van der Waals surface area contributed by atoms with E-state index in [9.17, 15) is 14.7 Å². The fraction of sp³-hybridized carbons (Fsp3) is 0.522. The number of fused-ring (bicyclic) bond motifs is 1. The van der Waals surface area contributed by atoms with Gasteiger partial charge in [0.2, 0.25) is 0 Å². The zero-order valence-electron chi connectivity index (χ0n) is 18.8. The number of ether oxygens (including phenoxy) is 1. The van der Waals surface area contributed by atoms with E-state index in [2.05, 4.69) is 5.10 Å². The fourth-order valence-electron chi connectivity index (χ4n) is 4.70. The van der Waals surface area contributed by atoms with Gasteiger partial charge in [-0.05, 0) is 55.2 Å². The number of methoxy groups -OCH3 is 1. The monoisotopic (exact) mass is 444 g/mol. The zero-order chi connectivity index (χ0) is 23.2. The number of hydrogen-bond acceptors (Lipinski definition) is 5. The van der Waals surface area contributed by atoms with Gasteiger partial charge in [0.1, 0.15) is 18.1 Å². The quantitative estimate of drug-likeness (QED) is 0.631. The van der Waals surface area contributed by atoms with Gasteiger partial charge in [-0.3, -0.25) is 9.36 Å². The molecule has 0 spiro atoms. The Morgan fingerprint density at radius 1 is 1.25 bits per heavy atom. The Morgan fingerprint density at radius 2 is 2.00 bits per heavy atom. The molecule has 0 radical (unpaired) electrons. The minimum atomic E-state index is -0.712. The van der Waals surface area contributed by atoms with Crippen molar-refractivity contribution in [2.24, 2.45) is 0 Å². The Kier molecular flexibility index (Phi) is 6.05. The molecule has 0 bridgehead atoms. The number of aliphatic hydroxyl groups excluding tert-OH is 1. The van der Waals surface area contributed by atoms with Crippen molar-refractivity contribution >= 4 is 10.8 Å². The maximum Gasteiger partial charge on any atom is 0.350 e. The first-order valence-electron chi connectivity index (χ1n) is 11.0. The van der Waals surface area contributed by atoms with E-state index in [1.54, 1.807) is 18.6 Å². The van der Waals surface area contributed by atoms with Crippen LogP contribution in [0.2, 0.25) is 0 Å². The van der Waals surface area contributed by atoms with Gasteiger partial charge in [0.15, 0.2) is 5.82 Å². The number of pyridine rings is 1. The molecule has 2 heterocycles. The van der Waals surface area contributed by atoms with Crippen LogP contribution in [0.1, 0.15) is 63.4 Å². The highest BCUT2D eigenvalue weighted by atomic mass is 19.1. The van der Waals surface area contributed by atoms with Crippen molar-refractivity contribution in [1.82, 2.24) is 18.9 Å². The first kappa shape index (κ1) is 22.4. The lowest BCUT2D eigenvalue weighted by atomic mass is 9.97. The largest absolute Gasteiger partial charge is 0.388 e. The van der Waals surface area contributed by atoms with E-state index >= 15 is 4.39 Å². The Balaban J connectivity index is 1.94. The van der Waals surface area contributed by atoms with E-state index in [1.165, 1.54) is 16.7 Å². The SMILES string of the molecule is CCn1c(CO)nn(-c2cc3c(C(C)C)cn([C@H]4CC[C@@H](OC)C4)c(=O)c3cc2F)c1=O. The molecule has 9 heteroatoms. The third-order valence-corrected chi connectivity index (χ3v) is 6.47. The molecule has 1 aliphatic carbocycles. The van der Waals surface area contributed by atoms with E-state index in [-0.39, 0.29) is 40.5 Å². The number of hydrogen-bond donors (Lipinski definition) is 1. The van der Waals surface area contributed by atoms with Gasteiger partial charge in [-0.15, -0.1) is 5.10 Å². The minimum Gasteiger partial charge on any atom is -0.388 e. The van der Waals surface area contributed by atoms with Crippen molar-refractivity contribution in [3.05, 3.63) is 56.4 Å². The maximum atomic E-state index is 15.2. The Bertz CT molecular complexity index is 1270. The molecular weight excluding hydrogens is 415 g/mol. The van der Waals surface area contributed by atoms with Gasteiger partial charge >= 0.3 is 5.69 Å². The van der Waals surface area contributed by atoms with Gasteiger partial charge < -0.3 is 14.4 Å². The van der Waals surface area contributed by atoms with Crippen LogP contribution in [0.3, 0.4) is 0 Å². The number of halogens is 1. The zero-order valence-corrected chi connectivity index (χ0v) is 18.8. The summed E-state index contributed by atoms with van der Waals surface area (Å²) in [4.78, 5) is 26.1. The fourth-order valence-corrected chi connectivity index (χ4v) is 4.70. The van der Waals surface area contributed by atoms with Gasteiger partial charge in [-0.25, -0.2) is 9.18 Å². The van der Waals surface area contributed by atoms with Crippen LogP contribution in [0, 0.1) is 5.82 Å². The lowest BCUT2D eigenvalue weighted by Gasteiger charge is -2.20. The summed E-state index contributed by atoms with van der Waals surface area (Å²) in [5.41, 5.74) is 0.0701. The van der Waals surface area contributed by atoms with Gasteiger partial charge in [0.05, 0.1) is 11.5 Å². The number of benzene rings is 1. The standard InChI is InChI=1S/C23H29FN4O4/c1-5-26-21(12-29)25-28(23(26)31)20-10-16-17(9-19(20)24)22(30)27(11-18(16)13(2)3)14-6-7-15(8-14)32-4/h9-11,13-15,29H,5-8,12H2,1-4H3/t14-,15+/m0/s1. The first-order valence-corrected chi connectivity index (χ1v) is 11.0. The second-order valence-electron chi connectivity index (χ2n) is 8.64. The molecule has 1 N–H and O–H groups in total. The average molecular weight is 445 g/mol. The molecule has 32 heavy (non-hydrogen) atoms. The molecule has 0 saturated heterocycles. The molecule has 3 aromatic rings. The molecule has 4 rings (SSSR count). The second-order valence-corrected chi connectivity index (χ2v) is 8.64. The number of rotatable bonds is 6. The van der Waals surface area contributed by atoms with E-state index < -0.39 is 18.1 Å². The van der Waals surface area contributed by atoms with Crippen molar-refractivity contribution in [2.75, 3.05) is 7.11 Å².